The van der Waals surface area contributed by atoms with Crippen LogP contribution < -0.4 is 4.68 Å². The van der Waals surface area contributed by atoms with Crippen molar-refractivity contribution in [3.63, 3.8) is 0 Å². The number of nitro benzene ring substituents is 1. The van der Waals surface area contributed by atoms with Gasteiger partial charge >= 0.3 is 0 Å². The molecule has 0 aliphatic heterocycles. The minimum absolute atomic E-state index is 0.0449. The molecule has 8 nitrogen and oxygen atoms in total. The van der Waals surface area contributed by atoms with Gasteiger partial charge in [-0.05, 0) is 24.3 Å². The van der Waals surface area contributed by atoms with Crippen molar-refractivity contribution in [2.24, 2.45) is 0 Å². The van der Waals surface area contributed by atoms with E-state index in [-0.39, 0.29) is 30.3 Å². The van der Waals surface area contributed by atoms with Crippen LogP contribution in [-0.2, 0) is 13.1 Å². The van der Waals surface area contributed by atoms with Crippen molar-refractivity contribution in [3.05, 3.63) is 100 Å². The maximum atomic E-state index is 12.7. The second-order valence-corrected chi connectivity index (χ2v) is 6.71. The standard InChI is InChI=1S/C22H17N4O4/c27-21(16-6-2-1-3-7-16)14-24-19-8-4-5-9-20(19)25(23-24)15-22(28)17-10-12-18(13-11-17)26(29)30/h1-13H,14-15H2/q+1. The Kier molecular flexibility index (Phi) is 5.13. The minimum atomic E-state index is -0.512. The van der Waals surface area contributed by atoms with Crippen molar-refractivity contribution in [1.82, 2.24) is 9.90 Å². The topological polar surface area (TPSA) is 99.0 Å². The van der Waals surface area contributed by atoms with Crippen LogP contribution in [0.25, 0.3) is 11.0 Å². The van der Waals surface area contributed by atoms with Gasteiger partial charge in [-0.1, -0.05) is 42.5 Å². The number of nitro groups is 1. The molecule has 8 heteroatoms. The number of hydrogen-bond donors (Lipinski definition) is 0. The van der Waals surface area contributed by atoms with Gasteiger partial charge in [0.1, 0.15) is 0 Å². The summed E-state index contributed by atoms with van der Waals surface area (Å²) in [5.41, 5.74) is 2.32. The molecule has 30 heavy (non-hydrogen) atoms. The lowest BCUT2D eigenvalue weighted by Crippen LogP contribution is -2.41. The van der Waals surface area contributed by atoms with Crippen LogP contribution >= 0.6 is 0 Å². The third-order valence-corrected chi connectivity index (χ3v) is 4.74. The largest absolute Gasteiger partial charge is 0.290 e. The molecule has 1 heterocycles. The summed E-state index contributed by atoms with van der Waals surface area (Å²) < 4.78 is 3.12. The number of rotatable bonds is 7. The summed E-state index contributed by atoms with van der Waals surface area (Å²) in [6.45, 7) is -0.00585. The Morgan fingerprint density at radius 2 is 1.50 bits per heavy atom. The zero-order valence-electron chi connectivity index (χ0n) is 15.8. The van der Waals surface area contributed by atoms with Gasteiger partial charge in [0.05, 0.1) is 10.1 Å². The molecule has 0 radical (unpaired) electrons. The maximum Gasteiger partial charge on any atom is 0.269 e. The van der Waals surface area contributed by atoms with E-state index in [2.05, 4.69) is 5.21 Å². The number of hydrogen-bond acceptors (Lipinski definition) is 5. The van der Waals surface area contributed by atoms with Gasteiger partial charge in [0.25, 0.3) is 5.69 Å². The Morgan fingerprint density at radius 1 is 0.867 bits per heavy atom. The number of carbonyl (C=O) groups is 2. The molecular weight excluding hydrogens is 384 g/mol. The predicted molar refractivity (Wildman–Crippen MR) is 108 cm³/mol. The lowest BCUT2D eigenvalue weighted by Gasteiger charge is -1.98. The first-order valence-electron chi connectivity index (χ1n) is 9.24. The normalized spacial score (nSPS) is 10.8. The molecule has 3 aromatic carbocycles. The summed E-state index contributed by atoms with van der Waals surface area (Å²) in [4.78, 5) is 35.6. The van der Waals surface area contributed by atoms with Crippen LogP contribution in [0.15, 0.2) is 78.9 Å². The fraction of sp³-hybridized carbons (Fsp3) is 0.0909. The first kappa shape index (κ1) is 19.1. The zero-order chi connectivity index (χ0) is 21.1. The number of para-hydroxylation sites is 2. The molecule has 0 aliphatic carbocycles. The van der Waals surface area contributed by atoms with Crippen molar-refractivity contribution in [3.8, 4) is 0 Å². The predicted octanol–water partition coefficient (Wildman–Crippen LogP) is 3.00. The molecule has 0 saturated carbocycles. The van der Waals surface area contributed by atoms with Crippen LogP contribution in [0.1, 0.15) is 20.7 Å². The van der Waals surface area contributed by atoms with E-state index in [1.54, 1.807) is 28.9 Å². The van der Waals surface area contributed by atoms with E-state index in [1.165, 1.54) is 28.9 Å². The molecule has 4 aromatic rings. The Hall–Kier alpha value is -4.20. The monoisotopic (exact) mass is 401 g/mol. The summed E-state index contributed by atoms with van der Waals surface area (Å²) in [6, 6.07) is 21.8. The van der Waals surface area contributed by atoms with Crippen LogP contribution in [0, 0.1) is 10.1 Å². The van der Waals surface area contributed by atoms with E-state index in [0.29, 0.717) is 16.6 Å². The first-order chi connectivity index (χ1) is 14.5. The molecule has 0 fully saturated rings. The van der Waals surface area contributed by atoms with Crippen LogP contribution in [0.3, 0.4) is 0 Å². The summed E-state index contributed by atoms with van der Waals surface area (Å²) >= 11 is 0. The summed E-state index contributed by atoms with van der Waals surface area (Å²) in [7, 11) is 0. The van der Waals surface area contributed by atoms with Crippen LogP contribution in [0.2, 0.25) is 0 Å². The Balaban J connectivity index is 1.61. The molecule has 0 spiro atoms. The number of Topliss-reactive ketones (excluding diaryl/α,β-unsaturated/α-hetero) is 2. The van der Waals surface area contributed by atoms with Crippen molar-refractivity contribution in [1.29, 1.82) is 0 Å². The first-order valence-corrected chi connectivity index (χ1v) is 9.24. The number of carbonyl (C=O) groups excluding carboxylic acids is 2. The number of aromatic nitrogens is 3. The molecule has 4 rings (SSSR count). The smallest absolute Gasteiger partial charge is 0.269 e. The molecule has 0 unspecified atom stereocenters. The van der Waals surface area contributed by atoms with Gasteiger partial charge < -0.3 is 0 Å². The third kappa shape index (κ3) is 3.83. The number of nitrogens with zero attached hydrogens (tertiary/aromatic N) is 4. The number of fused-ring (bicyclic) bond motifs is 1. The highest BCUT2D eigenvalue weighted by Gasteiger charge is 2.23. The SMILES string of the molecule is O=C(Cn1n[n+](CC(=O)c2ccc([N+](=O)[O-])cc2)c2ccccc21)c1ccccc1. The van der Waals surface area contributed by atoms with Crippen molar-refractivity contribution >= 4 is 28.3 Å². The summed E-state index contributed by atoms with van der Waals surface area (Å²) in [5.74, 6) is -0.322. The van der Waals surface area contributed by atoms with Crippen molar-refractivity contribution in [2.45, 2.75) is 13.1 Å². The quantitative estimate of drug-likeness (QED) is 0.205. The van der Waals surface area contributed by atoms with E-state index in [4.69, 9.17) is 0 Å². The Morgan fingerprint density at radius 3 is 2.20 bits per heavy atom. The average Bonchev–Trinajstić information content (AvgIpc) is 3.11. The minimum Gasteiger partial charge on any atom is -0.290 e. The molecule has 0 atom stereocenters. The molecule has 0 amide bonds. The lowest BCUT2D eigenvalue weighted by molar-refractivity contribution is -0.719. The number of non-ortho nitro benzene ring substituents is 1. The van der Waals surface area contributed by atoms with E-state index < -0.39 is 4.92 Å². The van der Waals surface area contributed by atoms with E-state index >= 15 is 0 Å². The highest BCUT2D eigenvalue weighted by atomic mass is 16.6. The Bertz CT molecular complexity index is 1250. The summed E-state index contributed by atoms with van der Waals surface area (Å²) in [6.07, 6.45) is 0. The molecule has 0 saturated heterocycles. The van der Waals surface area contributed by atoms with E-state index in [9.17, 15) is 19.7 Å². The van der Waals surface area contributed by atoms with Gasteiger partial charge in [0.15, 0.2) is 24.1 Å². The fourth-order valence-corrected chi connectivity index (χ4v) is 3.21. The highest BCUT2D eigenvalue weighted by molar-refractivity contribution is 5.96. The maximum absolute atomic E-state index is 12.7. The van der Waals surface area contributed by atoms with Crippen LogP contribution in [0.4, 0.5) is 5.69 Å². The van der Waals surface area contributed by atoms with Gasteiger partial charge in [0.2, 0.25) is 11.6 Å². The molecule has 0 aliphatic rings. The average molecular weight is 401 g/mol. The second kappa shape index (κ2) is 8.04. The van der Waals surface area contributed by atoms with Crippen molar-refractivity contribution < 1.29 is 19.2 Å². The second-order valence-electron chi connectivity index (χ2n) is 6.71. The zero-order valence-corrected chi connectivity index (χ0v) is 15.8. The lowest BCUT2D eigenvalue weighted by atomic mass is 10.1. The van der Waals surface area contributed by atoms with Crippen molar-refractivity contribution in [2.75, 3.05) is 0 Å². The number of ketones is 2. The van der Waals surface area contributed by atoms with Gasteiger partial charge in [-0.3, -0.25) is 19.7 Å². The molecule has 0 N–H and O–H groups in total. The van der Waals surface area contributed by atoms with Crippen LogP contribution in [-0.4, -0.2) is 26.4 Å². The number of benzene rings is 3. The van der Waals surface area contributed by atoms with Crippen LogP contribution in [0.5, 0.6) is 0 Å². The molecule has 0 bridgehead atoms. The molecular formula is C22H17N4O4+. The fourth-order valence-electron chi connectivity index (χ4n) is 3.21. The summed E-state index contributed by atoms with van der Waals surface area (Å²) in [5, 5.41) is 15.2. The van der Waals surface area contributed by atoms with E-state index in [1.807, 2.05) is 30.3 Å². The van der Waals surface area contributed by atoms with E-state index in [0.717, 1.165) is 5.52 Å². The van der Waals surface area contributed by atoms with Gasteiger partial charge in [-0.2, -0.15) is 0 Å². The third-order valence-electron chi connectivity index (χ3n) is 4.74. The Labute approximate surface area is 171 Å². The van der Waals surface area contributed by atoms with Gasteiger partial charge in [-0.25, -0.2) is 0 Å². The molecule has 148 valence electrons. The molecule has 1 aromatic heterocycles. The van der Waals surface area contributed by atoms with Gasteiger partial charge in [-0.15, -0.1) is 9.36 Å². The van der Waals surface area contributed by atoms with Gasteiger partial charge in [0, 0.05) is 23.3 Å². The highest BCUT2D eigenvalue weighted by Crippen LogP contribution is 2.14.